The number of halogens is 4. The van der Waals surface area contributed by atoms with E-state index in [-0.39, 0.29) is 29.5 Å². The van der Waals surface area contributed by atoms with Gasteiger partial charge in [-0.25, -0.2) is 8.78 Å². The number of amides is 1. The Morgan fingerprint density at radius 2 is 2.00 bits per heavy atom. The van der Waals surface area contributed by atoms with Gasteiger partial charge in [-0.2, -0.15) is 0 Å². The van der Waals surface area contributed by atoms with Crippen LogP contribution in [0.25, 0.3) is 11.1 Å². The molecule has 1 aliphatic heterocycles. The van der Waals surface area contributed by atoms with Gasteiger partial charge >= 0.3 is 0 Å². The predicted octanol–water partition coefficient (Wildman–Crippen LogP) is 4.75. The fourth-order valence-corrected chi connectivity index (χ4v) is 3.17. The lowest BCUT2D eigenvalue weighted by Gasteiger charge is -2.18. The monoisotopic (exact) mass is 396 g/mol. The average Bonchev–Trinajstić information content (AvgIpc) is 2.63. The van der Waals surface area contributed by atoms with E-state index in [4.69, 9.17) is 23.2 Å². The largest absolute Gasteiger partial charge is 0.348 e. The van der Waals surface area contributed by atoms with Crippen LogP contribution in [0.5, 0.6) is 0 Å². The SMILES string of the molecule is O=C(NCC1=C(F)CNCC1)c1c(-c2cccc(Cl)c2)ccc(Cl)c1F. The molecule has 26 heavy (non-hydrogen) atoms. The van der Waals surface area contributed by atoms with Gasteiger partial charge in [-0.1, -0.05) is 41.4 Å². The zero-order chi connectivity index (χ0) is 18.7. The van der Waals surface area contributed by atoms with Gasteiger partial charge in [-0.15, -0.1) is 0 Å². The molecule has 0 radical (unpaired) electrons. The molecular formula is C19H16Cl2F2N2O. The number of nitrogens with one attached hydrogen (secondary N) is 2. The molecule has 1 aliphatic rings. The Balaban J connectivity index is 1.93. The van der Waals surface area contributed by atoms with Crippen LogP contribution in [0.1, 0.15) is 16.8 Å². The number of benzene rings is 2. The van der Waals surface area contributed by atoms with Crippen LogP contribution in [0.15, 0.2) is 47.8 Å². The Morgan fingerprint density at radius 1 is 1.19 bits per heavy atom. The van der Waals surface area contributed by atoms with E-state index in [9.17, 15) is 13.6 Å². The lowest BCUT2D eigenvalue weighted by atomic mass is 9.98. The van der Waals surface area contributed by atoms with E-state index in [1.807, 2.05) is 0 Å². The third-order valence-corrected chi connectivity index (χ3v) is 4.71. The van der Waals surface area contributed by atoms with E-state index in [0.717, 1.165) is 0 Å². The minimum absolute atomic E-state index is 0.0211. The van der Waals surface area contributed by atoms with Crippen LogP contribution in [0.3, 0.4) is 0 Å². The van der Waals surface area contributed by atoms with Crippen LogP contribution in [-0.2, 0) is 0 Å². The first-order valence-corrected chi connectivity index (χ1v) is 8.82. The molecule has 2 N–H and O–H groups in total. The average molecular weight is 397 g/mol. The summed E-state index contributed by atoms with van der Waals surface area (Å²) in [6, 6.07) is 9.70. The summed E-state index contributed by atoms with van der Waals surface area (Å²) in [7, 11) is 0. The van der Waals surface area contributed by atoms with Gasteiger partial charge in [-0.05, 0) is 47.9 Å². The maximum Gasteiger partial charge on any atom is 0.255 e. The standard InChI is InChI=1S/C19H16Cl2F2N2O/c20-13-3-1-2-11(8-13)14-4-5-15(21)18(23)17(14)19(26)25-9-12-6-7-24-10-16(12)22/h1-5,8,24H,6-7,9-10H2,(H,25,26). The molecule has 0 atom stereocenters. The number of carbonyl (C=O) groups is 1. The molecule has 0 aromatic heterocycles. The summed E-state index contributed by atoms with van der Waals surface area (Å²) in [6.45, 7) is 0.801. The highest BCUT2D eigenvalue weighted by atomic mass is 35.5. The second-order valence-corrected chi connectivity index (χ2v) is 6.76. The highest BCUT2D eigenvalue weighted by Gasteiger charge is 2.21. The molecule has 3 rings (SSSR count). The third kappa shape index (κ3) is 4.06. The van der Waals surface area contributed by atoms with Crippen molar-refractivity contribution in [2.24, 2.45) is 0 Å². The van der Waals surface area contributed by atoms with Gasteiger partial charge in [0.1, 0.15) is 5.83 Å². The molecule has 1 amide bonds. The molecule has 0 unspecified atom stereocenters. The molecule has 0 saturated carbocycles. The number of hydrogen-bond donors (Lipinski definition) is 2. The topological polar surface area (TPSA) is 41.1 Å². The molecule has 0 fully saturated rings. The maximum atomic E-state index is 14.6. The molecule has 2 aromatic rings. The Kier molecular flexibility index (Phi) is 5.91. The van der Waals surface area contributed by atoms with E-state index in [0.29, 0.717) is 34.7 Å². The molecule has 0 bridgehead atoms. The molecule has 136 valence electrons. The summed E-state index contributed by atoms with van der Waals surface area (Å²) < 4.78 is 28.4. The van der Waals surface area contributed by atoms with Crippen molar-refractivity contribution in [1.29, 1.82) is 0 Å². The Bertz CT molecular complexity index is 884. The number of rotatable bonds is 4. The van der Waals surface area contributed by atoms with Crippen LogP contribution in [-0.4, -0.2) is 25.5 Å². The summed E-state index contributed by atoms with van der Waals surface area (Å²) in [4.78, 5) is 12.6. The summed E-state index contributed by atoms with van der Waals surface area (Å²) in [5.74, 6) is -1.77. The van der Waals surface area contributed by atoms with Crippen molar-refractivity contribution in [3.8, 4) is 11.1 Å². The van der Waals surface area contributed by atoms with E-state index in [2.05, 4.69) is 10.6 Å². The highest BCUT2D eigenvalue weighted by molar-refractivity contribution is 6.31. The zero-order valence-corrected chi connectivity index (χ0v) is 15.2. The van der Waals surface area contributed by atoms with E-state index in [1.165, 1.54) is 6.07 Å². The van der Waals surface area contributed by atoms with Gasteiger partial charge in [0.2, 0.25) is 0 Å². The first kappa shape index (κ1) is 18.8. The van der Waals surface area contributed by atoms with E-state index in [1.54, 1.807) is 30.3 Å². The van der Waals surface area contributed by atoms with Gasteiger partial charge in [0.15, 0.2) is 5.82 Å². The fraction of sp³-hybridized carbons (Fsp3) is 0.211. The van der Waals surface area contributed by atoms with E-state index < -0.39 is 11.7 Å². The van der Waals surface area contributed by atoms with Crippen LogP contribution < -0.4 is 10.6 Å². The minimum atomic E-state index is -0.818. The first-order chi connectivity index (χ1) is 12.5. The normalized spacial score (nSPS) is 14.5. The quantitative estimate of drug-likeness (QED) is 0.782. The van der Waals surface area contributed by atoms with Crippen molar-refractivity contribution in [1.82, 2.24) is 10.6 Å². The van der Waals surface area contributed by atoms with Crippen molar-refractivity contribution in [3.05, 3.63) is 69.2 Å². The summed E-state index contributed by atoms with van der Waals surface area (Å²) in [5, 5.41) is 5.80. The van der Waals surface area contributed by atoms with Crippen molar-refractivity contribution < 1.29 is 13.6 Å². The number of carbonyl (C=O) groups excluding carboxylic acids is 1. The smallest absolute Gasteiger partial charge is 0.255 e. The van der Waals surface area contributed by atoms with Gasteiger partial charge in [0.05, 0.1) is 10.6 Å². The fourth-order valence-electron chi connectivity index (χ4n) is 2.83. The predicted molar refractivity (Wildman–Crippen MR) is 99.8 cm³/mol. The molecule has 0 spiro atoms. The van der Waals surface area contributed by atoms with Crippen LogP contribution >= 0.6 is 23.2 Å². The molecule has 3 nitrogen and oxygen atoms in total. The first-order valence-electron chi connectivity index (χ1n) is 8.06. The van der Waals surface area contributed by atoms with Gasteiger partial charge in [0, 0.05) is 18.1 Å². The third-order valence-electron chi connectivity index (χ3n) is 4.19. The molecule has 7 heteroatoms. The van der Waals surface area contributed by atoms with Crippen LogP contribution in [0.4, 0.5) is 8.78 Å². The molecule has 2 aromatic carbocycles. The van der Waals surface area contributed by atoms with Crippen molar-refractivity contribution >= 4 is 29.1 Å². The van der Waals surface area contributed by atoms with Crippen molar-refractivity contribution in [3.63, 3.8) is 0 Å². The summed E-state index contributed by atoms with van der Waals surface area (Å²) in [5.41, 5.74) is 1.27. The van der Waals surface area contributed by atoms with Crippen LogP contribution in [0.2, 0.25) is 10.0 Å². The molecule has 0 aliphatic carbocycles. The second-order valence-electron chi connectivity index (χ2n) is 5.91. The minimum Gasteiger partial charge on any atom is -0.348 e. The van der Waals surface area contributed by atoms with Crippen molar-refractivity contribution in [2.75, 3.05) is 19.6 Å². The molecule has 0 saturated heterocycles. The second kappa shape index (κ2) is 8.16. The lowest BCUT2D eigenvalue weighted by molar-refractivity contribution is 0.0953. The Hall–Kier alpha value is -1.95. The lowest BCUT2D eigenvalue weighted by Crippen LogP contribution is -2.32. The van der Waals surface area contributed by atoms with Crippen LogP contribution in [0, 0.1) is 5.82 Å². The molecular weight excluding hydrogens is 381 g/mol. The van der Waals surface area contributed by atoms with Crippen molar-refractivity contribution in [2.45, 2.75) is 6.42 Å². The van der Waals surface area contributed by atoms with E-state index >= 15 is 0 Å². The zero-order valence-electron chi connectivity index (χ0n) is 13.7. The van der Waals surface area contributed by atoms with Gasteiger partial charge in [-0.3, -0.25) is 4.79 Å². The summed E-state index contributed by atoms with van der Waals surface area (Å²) >= 11 is 11.9. The maximum absolute atomic E-state index is 14.6. The molecule has 1 heterocycles. The number of hydrogen-bond acceptors (Lipinski definition) is 2. The van der Waals surface area contributed by atoms with Gasteiger partial charge < -0.3 is 10.6 Å². The Labute approximate surface area is 160 Å². The van der Waals surface area contributed by atoms with Gasteiger partial charge in [0.25, 0.3) is 5.91 Å². The highest BCUT2D eigenvalue weighted by Crippen LogP contribution is 2.31. The Morgan fingerprint density at radius 3 is 2.73 bits per heavy atom. The summed E-state index contributed by atoms with van der Waals surface area (Å²) in [6.07, 6.45) is 0.491.